The largest absolute Gasteiger partial charge is 0.454 e. The van der Waals surface area contributed by atoms with Crippen molar-refractivity contribution < 1.29 is 14.3 Å². The van der Waals surface area contributed by atoms with Gasteiger partial charge in [-0.15, -0.1) is 0 Å². The summed E-state index contributed by atoms with van der Waals surface area (Å²) in [6, 6.07) is 16.7. The van der Waals surface area contributed by atoms with Crippen LogP contribution in [0.5, 0.6) is 11.5 Å². The van der Waals surface area contributed by atoms with Crippen LogP contribution in [0.1, 0.15) is 15.9 Å². The summed E-state index contributed by atoms with van der Waals surface area (Å²) in [5, 5.41) is 6.05. The second kappa shape index (κ2) is 6.76. The number of carbonyl (C=O) groups excluding carboxylic acids is 1. The van der Waals surface area contributed by atoms with E-state index < -0.39 is 0 Å². The molecule has 1 amide bonds. The van der Waals surface area contributed by atoms with Gasteiger partial charge in [-0.25, -0.2) is 4.98 Å². The first-order chi connectivity index (χ1) is 12.7. The van der Waals surface area contributed by atoms with E-state index in [4.69, 9.17) is 9.47 Å². The fraction of sp³-hybridized carbons (Fsp3) is 0.100. The lowest BCUT2D eigenvalue weighted by atomic mass is 10.1. The van der Waals surface area contributed by atoms with Crippen LogP contribution < -0.4 is 20.1 Å². The normalized spacial score (nSPS) is 11.9. The molecule has 2 heterocycles. The molecule has 4 rings (SSSR count). The Morgan fingerprint density at radius 3 is 2.62 bits per heavy atom. The minimum atomic E-state index is -0.151. The van der Waals surface area contributed by atoms with Gasteiger partial charge in [0.05, 0.1) is 11.9 Å². The number of hydrogen-bond donors (Lipinski definition) is 2. The molecule has 0 atom stereocenters. The molecule has 2 aromatic carbocycles. The van der Waals surface area contributed by atoms with Crippen molar-refractivity contribution in [2.24, 2.45) is 0 Å². The number of nitrogens with zero attached hydrogens (tertiary/aromatic N) is 1. The summed E-state index contributed by atoms with van der Waals surface area (Å²) in [7, 11) is 0. The number of anilines is 3. The van der Waals surface area contributed by atoms with Gasteiger partial charge in [0.1, 0.15) is 5.82 Å². The van der Waals surface area contributed by atoms with Crippen LogP contribution in [-0.2, 0) is 0 Å². The zero-order valence-corrected chi connectivity index (χ0v) is 14.2. The molecule has 0 unspecified atom stereocenters. The summed E-state index contributed by atoms with van der Waals surface area (Å²) in [6.07, 6.45) is 1.62. The molecule has 0 spiro atoms. The highest BCUT2D eigenvalue weighted by atomic mass is 16.7. The van der Waals surface area contributed by atoms with E-state index in [1.165, 1.54) is 0 Å². The minimum Gasteiger partial charge on any atom is -0.454 e. The Balaban J connectivity index is 1.44. The fourth-order valence-electron chi connectivity index (χ4n) is 2.69. The van der Waals surface area contributed by atoms with Crippen molar-refractivity contribution in [2.75, 3.05) is 17.4 Å². The predicted octanol–water partition coefficient (Wildman–Crippen LogP) is 4.11. The van der Waals surface area contributed by atoms with E-state index in [1.54, 1.807) is 24.4 Å². The number of fused-ring (bicyclic) bond motifs is 1. The molecule has 26 heavy (non-hydrogen) atoms. The highest BCUT2D eigenvalue weighted by molar-refractivity contribution is 6.05. The van der Waals surface area contributed by atoms with Crippen LogP contribution in [0.15, 0.2) is 60.8 Å². The van der Waals surface area contributed by atoms with Crippen LogP contribution in [-0.4, -0.2) is 17.7 Å². The molecule has 0 saturated heterocycles. The van der Waals surface area contributed by atoms with Crippen molar-refractivity contribution in [3.8, 4) is 11.5 Å². The van der Waals surface area contributed by atoms with E-state index in [0.29, 0.717) is 22.8 Å². The van der Waals surface area contributed by atoms with Crippen molar-refractivity contribution in [1.82, 2.24) is 4.98 Å². The molecule has 6 heteroatoms. The number of hydrogen-bond acceptors (Lipinski definition) is 5. The SMILES string of the molecule is Cc1ccccc1C(=O)Nc1ccc(Nc2ccc3c(c2)OCO3)nc1. The molecular formula is C20H17N3O3. The summed E-state index contributed by atoms with van der Waals surface area (Å²) in [4.78, 5) is 16.7. The molecule has 1 aliphatic heterocycles. The van der Waals surface area contributed by atoms with Crippen LogP contribution in [0.2, 0.25) is 0 Å². The summed E-state index contributed by atoms with van der Waals surface area (Å²) in [6.45, 7) is 2.15. The van der Waals surface area contributed by atoms with E-state index in [2.05, 4.69) is 15.6 Å². The number of ether oxygens (including phenoxy) is 2. The van der Waals surface area contributed by atoms with Crippen molar-refractivity contribution in [3.05, 3.63) is 71.9 Å². The van der Waals surface area contributed by atoms with Gasteiger partial charge in [0.25, 0.3) is 5.91 Å². The third-order valence-electron chi connectivity index (χ3n) is 4.06. The van der Waals surface area contributed by atoms with Crippen molar-refractivity contribution in [2.45, 2.75) is 6.92 Å². The standard InChI is InChI=1S/C20H17N3O3/c1-13-4-2-3-5-16(13)20(24)23-15-7-9-19(21-11-15)22-14-6-8-17-18(10-14)26-12-25-17/h2-11H,12H2,1H3,(H,21,22)(H,23,24). The molecule has 0 fully saturated rings. The second-order valence-corrected chi connectivity index (χ2v) is 5.89. The first-order valence-corrected chi connectivity index (χ1v) is 8.19. The zero-order chi connectivity index (χ0) is 17.9. The van der Waals surface area contributed by atoms with Crippen LogP contribution in [0.25, 0.3) is 0 Å². The smallest absolute Gasteiger partial charge is 0.255 e. The van der Waals surface area contributed by atoms with Crippen LogP contribution >= 0.6 is 0 Å². The van der Waals surface area contributed by atoms with Gasteiger partial charge in [0.2, 0.25) is 6.79 Å². The number of aryl methyl sites for hydroxylation is 1. The van der Waals surface area contributed by atoms with Gasteiger partial charge in [-0.05, 0) is 42.8 Å². The lowest BCUT2D eigenvalue weighted by Crippen LogP contribution is -2.13. The molecule has 1 aliphatic rings. The fourth-order valence-corrected chi connectivity index (χ4v) is 2.69. The molecule has 1 aromatic heterocycles. The Labute approximate surface area is 150 Å². The molecule has 0 bridgehead atoms. The molecule has 0 radical (unpaired) electrons. The molecule has 3 aromatic rings. The van der Waals surface area contributed by atoms with E-state index in [-0.39, 0.29) is 12.7 Å². The lowest BCUT2D eigenvalue weighted by molar-refractivity contribution is 0.102. The van der Waals surface area contributed by atoms with Gasteiger partial charge in [-0.2, -0.15) is 0 Å². The van der Waals surface area contributed by atoms with Crippen molar-refractivity contribution >= 4 is 23.1 Å². The van der Waals surface area contributed by atoms with Gasteiger partial charge >= 0.3 is 0 Å². The van der Waals surface area contributed by atoms with Crippen molar-refractivity contribution in [3.63, 3.8) is 0 Å². The molecule has 0 aliphatic carbocycles. The lowest BCUT2D eigenvalue weighted by Gasteiger charge is -2.09. The van der Waals surface area contributed by atoms with E-state index in [1.807, 2.05) is 43.3 Å². The first kappa shape index (κ1) is 16.0. The maximum Gasteiger partial charge on any atom is 0.255 e. The summed E-state index contributed by atoms with van der Waals surface area (Å²) >= 11 is 0. The summed E-state index contributed by atoms with van der Waals surface area (Å²) in [5.41, 5.74) is 3.06. The quantitative estimate of drug-likeness (QED) is 0.743. The Morgan fingerprint density at radius 1 is 1.00 bits per heavy atom. The van der Waals surface area contributed by atoms with Gasteiger partial charge in [-0.3, -0.25) is 4.79 Å². The number of aromatic nitrogens is 1. The molecule has 2 N–H and O–H groups in total. The third-order valence-corrected chi connectivity index (χ3v) is 4.06. The number of pyridine rings is 1. The van der Waals surface area contributed by atoms with E-state index >= 15 is 0 Å². The Hall–Kier alpha value is -3.54. The second-order valence-electron chi connectivity index (χ2n) is 5.89. The van der Waals surface area contributed by atoms with Crippen LogP contribution in [0.4, 0.5) is 17.2 Å². The number of carbonyl (C=O) groups is 1. The molecule has 0 saturated carbocycles. The number of nitrogens with one attached hydrogen (secondary N) is 2. The Morgan fingerprint density at radius 2 is 1.81 bits per heavy atom. The minimum absolute atomic E-state index is 0.151. The number of rotatable bonds is 4. The highest BCUT2D eigenvalue weighted by Gasteiger charge is 2.13. The monoisotopic (exact) mass is 347 g/mol. The Bertz CT molecular complexity index is 955. The van der Waals surface area contributed by atoms with Gasteiger partial charge in [0, 0.05) is 17.3 Å². The van der Waals surface area contributed by atoms with Crippen LogP contribution in [0, 0.1) is 6.92 Å². The first-order valence-electron chi connectivity index (χ1n) is 8.19. The van der Waals surface area contributed by atoms with Gasteiger partial charge in [-0.1, -0.05) is 18.2 Å². The molecular weight excluding hydrogens is 330 g/mol. The van der Waals surface area contributed by atoms with Gasteiger partial charge in [0.15, 0.2) is 11.5 Å². The van der Waals surface area contributed by atoms with Crippen LogP contribution in [0.3, 0.4) is 0 Å². The average molecular weight is 347 g/mol. The highest BCUT2D eigenvalue weighted by Crippen LogP contribution is 2.34. The molecule has 130 valence electrons. The zero-order valence-electron chi connectivity index (χ0n) is 14.2. The number of amides is 1. The summed E-state index contributed by atoms with van der Waals surface area (Å²) in [5.74, 6) is 1.95. The Kier molecular flexibility index (Phi) is 4.15. The maximum atomic E-state index is 12.3. The predicted molar refractivity (Wildman–Crippen MR) is 99.2 cm³/mol. The topological polar surface area (TPSA) is 72.5 Å². The summed E-state index contributed by atoms with van der Waals surface area (Å²) < 4.78 is 10.7. The van der Waals surface area contributed by atoms with E-state index in [9.17, 15) is 4.79 Å². The van der Waals surface area contributed by atoms with Gasteiger partial charge < -0.3 is 20.1 Å². The third kappa shape index (κ3) is 3.30. The molecule has 6 nitrogen and oxygen atoms in total. The number of benzene rings is 2. The van der Waals surface area contributed by atoms with E-state index in [0.717, 1.165) is 17.0 Å². The van der Waals surface area contributed by atoms with Crippen molar-refractivity contribution in [1.29, 1.82) is 0 Å². The average Bonchev–Trinajstić information content (AvgIpc) is 3.11. The maximum absolute atomic E-state index is 12.3.